The van der Waals surface area contributed by atoms with Gasteiger partial charge in [0.05, 0.1) is 5.56 Å². The van der Waals surface area contributed by atoms with Crippen LogP contribution in [0.4, 0.5) is 18.9 Å². The maximum atomic E-state index is 12.6. The molecule has 2 rings (SSSR count). The second-order valence-electron chi connectivity index (χ2n) is 4.89. The van der Waals surface area contributed by atoms with E-state index in [9.17, 15) is 18.0 Å². The molecule has 0 aliphatic rings. The number of anilines is 1. The fourth-order valence-electron chi connectivity index (χ4n) is 1.92. The van der Waals surface area contributed by atoms with E-state index >= 15 is 0 Å². The molecule has 0 atom stereocenters. The Morgan fingerprint density at radius 3 is 2.57 bits per heavy atom. The number of aromatic nitrogens is 1. The lowest BCUT2D eigenvalue weighted by Crippen LogP contribution is -2.24. The monoisotopic (exact) mass is 323 g/mol. The Balaban J connectivity index is 1.75. The van der Waals surface area contributed by atoms with Crippen molar-refractivity contribution >= 4 is 11.6 Å². The van der Waals surface area contributed by atoms with Gasteiger partial charge in [-0.3, -0.25) is 9.78 Å². The van der Waals surface area contributed by atoms with Crippen LogP contribution in [0.15, 0.2) is 48.8 Å². The average molecular weight is 323 g/mol. The van der Waals surface area contributed by atoms with Crippen molar-refractivity contribution in [3.63, 3.8) is 0 Å². The molecule has 2 aromatic rings. The molecule has 122 valence electrons. The SMILES string of the molecule is O=C(CCNc1cccc(C(F)(F)F)c1)NCc1ccncc1. The van der Waals surface area contributed by atoms with E-state index in [-0.39, 0.29) is 18.9 Å². The van der Waals surface area contributed by atoms with Crippen molar-refractivity contribution in [1.29, 1.82) is 0 Å². The maximum absolute atomic E-state index is 12.6. The van der Waals surface area contributed by atoms with E-state index in [1.165, 1.54) is 12.1 Å². The first kappa shape index (κ1) is 16.8. The summed E-state index contributed by atoms with van der Waals surface area (Å²) >= 11 is 0. The quantitative estimate of drug-likeness (QED) is 0.858. The van der Waals surface area contributed by atoms with Gasteiger partial charge in [0, 0.05) is 37.6 Å². The number of hydrogen-bond donors (Lipinski definition) is 2. The van der Waals surface area contributed by atoms with E-state index < -0.39 is 11.7 Å². The molecule has 4 nitrogen and oxygen atoms in total. The molecule has 0 radical (unpaired) electrons. The summed E-state index contributed by atoms with van der Waals surface area (Å²) in [5, 5.41) is 5.55. The Morgan fingerprint density at radius 2 is 1.87 bits per heavy atom. The molecule has 1 aromatic carbocycles. The lowest BCUT2D eigenvalue weighted by Gasteiger charge is -2.10. The van der Waals surface area contributed by atoms with Crippen LogP contribution in [0.2, 0.25) is 0 Å². The normalized spacial score (nSPS) is 11.1. The van der Waals surface area contributed by atoms with Crippen LogP contribution in [-0.4, -0.2) is 17.4 Å². The van der Waals surface area contributed by atoms with Gasteiger partial charge in [0.25, 0.3) is 0 Å². The fraction of sp³-hybridized carbons (Fsp3) is 0.250. The third-order valence-electron chi connectivity index (χ3n) is 3.11. The predicted molar refractivity (Wildman–Crippen MR) is 80.6 cm³/mol. The van der Waals surface area contributed by atoms with Crippen LogP contribution in [0, 0.1) is 0 Å². The molecule has 0 aliphatic carbocycles. The Labute approximate surface area is 131 Å². The van der Waals surface area contributed by atoms with Crippen LogP contribution in [0.25, 0.3) is 0 Å². The van der Waals surface area contributed by atoms with Crippen LogP contribution in [-0.2, 0) is 17.5 Å². The summed E-state index contributed by atoms with van der Waals surface area (Å²) in [7, 11) is 0. The van der Waals surface area contributed by atoms with Crippen LogP contribution in [0.5, 0.6) is 0 Å². The number of nitrogens with one attached hydrogen (secondary N) is 2. The van der Waals surface area contributed by atoms with Gasteiger partial charge in [0.15, 0.2) is 0 Å². The lowest BCUT2D eigenvalue weighted by atomic mass is 10.2. The number of nitrogens with zero attached hydrogens (tertiary/aromatic N) is 1. The summed E-state index contributed by atoms with van der Waals surface area (Å²) in [4.78, 5) is 15.6. The Kier molecular flexibility index (Phi) is 5.56. The topological polar surface area (TPSA) is 54.0 Å². The second kappa shape index (κ2) is 7.62. The highest BCUT2D eigenvalue weighted by atomic mass is 19.4. The number of hydrogen-bond acceptors (Lipinski definition) is 3. The summed E-state index contributed by atoms with van der Waals surface area (Å²) in [6, 6.07) is 8.47. The van der Waals surface area contributed by atoms with E-state index in [2.05, 4.69) is 15.6 Å². The first-order chi connectivity index (χ1) is 10.9. The van der Waals surface area contributed by atoms with Crippen LogP contribution in [0.3, 0.4) is 0 Å². The third kappa shape index (κ3) is 5.61. The molecular weight excluding hydrogens is 307 g/mol. The number of alkyl halides is 3. The molecule has 1 aromatic heterocycles. The van der Waals surface area contributed by atoms with Crippen molar-refractivity contribution in [1.82, 2.24) is 10.3 Å². The molecule has 0 saturated heterocycles. The Morgan fingerprint density at radius 1 is 1.13 bits per heavy atom. The van der Waals surface area contributed by atoms with Gasteiger partial charge >= 0.3 is 6.18 Å². The van der Waals surface area contributed by atoms with Gasteiger partial charge in [-0.05, 0) is 35.9 Å². The van der Waals surface area contributed by atoms with E-state index in [0.717, 1.165) is 17.7 Å². The summed E-state index contributed by atoms with van der Waals surface area (Å²) in [5.74, 6) is -0.179. The molecule has 0 aliphatic heterocycles. The van der Waals surface area contributed by atoms with Gasteiger partial charge in [-0.2, -0.15) is 13.2 Å². The van der Waals surface area contributed by atoms with E-state index in [1.54, 1.807) is 24.5 Å². The molecule has 7 heteroatoms. The van der Waals surface area contributed by atoms with Gasteiger partial charge < -0.3 is 10.6 Å². The van der Waals surface area contributed by atoms with Gasteiger partial charge in [0.1, 0.15) is 0 Å². The standard InChI is InChI=1S/C16H16F3N3O/c17-16(18,19)13-2-1-3-14(10-13)21-9-6-15(23)22-11-12-4-7-20-8-5-12/h1-5,7-8,10,21H,6,9,11H2,(H,22,23). The zero-order valence-electron chi connectivity index (χ0n) is 12.2. The highest BCUT2D eigenvalue weighted by Crippen LogP contribution is 2.30. The minimum absolute atomic E-state index is 0.168. The largest absolute Gasteiger partial charge is 0.416 e. The van der Waals surface area contributed by atoms with Crippen molar-refractivity contribution in [3.05, 3.63) is 59.9 Å². The maximum Gasteiger partial charge on any atom is 0.416 e. The smallest absolute Gasteiger partial charge is 0.385 e. The molecular formula is C16H16F3N3O. The predicted octanol–water partition coefficient (Wildman–Crippen LogP) is 3.22. The number of carbonyl (C=O) groups excluding carboxylic acids is 1. The number of carbonyl (C=O) groups is 1. The van der Waals surface area contributed by atoms with Crippen molar-refractivity contribution in [3.8, 4) is 0 Å². The summed E-state index contributed by atoms with van der Waals surface area (Å²) < 4.78 is 37.8. The minimum Gasteiger partial charge on any atom is -0.385 e. The first-order valence-electron chi connectivity index (χ1n) is 7.02. The molecule has 0 spiro atoms. The minimum atomic E-state index is -4.38. The van der Waals surface area contributed by atoms with Crippen molar-refractivity contribution in [2.75, 3.05) is 11.9 Å². The summed E-state index contributed by atoms with van der Waals surface area (Å²) in [6.07, 6.45) is -0.936. The van der Waals surface area contributed by atoms with Gasteiger partial charge in [-0.1, -0.05) is 6.07 Å². The van der Waals surface area contributed by atoms with Crippen LogP contribution < -0.4 is 10.6 Å². The average Bonchev–Trinajstić information content (AvgIpc) is 2.53. The van der Waals surface area contributed by atoms with Crippen molar-refractivity contribution in [2.45, 2.75) is 19.1 Å². The number of benzene rings is 1. The highest BCUT2D eigenvalue weighted by molar-refractivity contribution is 5.76. The van der Waals surface area contributed by atoms with Crippen molar-refractivity contribution in [2.24, 2.45) is 0 Å². The molecule has 1 amide bonds. The van der Waals surface area contributed by atoms with E-state index in [4.69, 9.17) is 0 Å². The summed E-state index contributed by atoms with van der Waals surface area (Å²) in [5.41, 5.74) is 0.547. The molecule has 0 fully saturated rings. The van der Waals surface area contributed by atoms with Gasteiger partial charge in [-0.15, -0.1) is 0 Å². The Bertz CT molecular complexity index is 645. The van der Waals surface area contributed by atoms with E-state index in [1.807, 2.05) is 0 Å². The lowest BCUT2D eigenvalue weighted by molar-refractivity contribution is -0.137. The van der Waals surface area contributed by atoms with Crippen LogP contribution >= 0.6 is 0 Å². The number of rotatable bonds is 6. The zero-order chi connectivity index (χ0) is 16.7. The number of amides is 1. The molecule has 23 heavy (non-hydrogen) atoms. The highest BCUT2D eigenvalue weighted by Gasteiger charge is 2.30. The molecule has 0 unspecified atom stereocenters. The third-order valence-corrected chi connectivity index (χ3v) is 3.11. The zero-order valence-corrected chi connectivity index (χ0v) is 12.2. The number of halogens is 3. The molecule has 1 heterocycles. The first-order valence-corrected chi connectivity index (χ1v) is 7.02. The van der Waals surface area contributed by atoms with Gasteiger partial charge in [0.2, 0.25) is 5.91 Å². The van der Waals surface area contributed by atoms with Crippen molar-refractivity contribution < 1.29 is 18.0 Å². The molecule has 0 saturated carbocycles. The van der Waals surface area contributed by atoms with Crippen LogP contribution in [0.1, 0.15) is 17.5 Å². The Hall–Kier alpha value is -2.57. The molecule has 2 N–H and O–H groups in total. The molecule has 0 bridgehead atoms. The fourth-order valence-corrected chi connectivity index (χ4v) is 1.92. The summed E-state index contributed by atoms with van der Waals surface area (Å²) in [6.45, 7) is 0.647. The second-order valence-corrected chi connectivity index (χ2v) is 4.89. The number of pyridine rings is 1. The van der Waals surface area contributed by atoms with E-state index in [0.29, 0.717) is 12.2 Å². The van der Waals surface area contributed by atoms with Gasteiger partial charge in [-0.25, -0.2) is 0 Å².